The highest BCUT2D eigenvalue weighted by molar-refractivity contribution is 5.87. The van der Waals surface area contributed by atoms with Crippen LogP contribution >= 0.6 is 0 Å². The Morgan fingerprint density at radius 1 is 0.844 bits per heavy atom. The molecule has 0 bridgehead atoms. The first kappa shape index (κ1) is 21.2. The van der Waals surface area contributed by atoms with Gasteiger partial charge in [0, 0.05) is 17.7 Å². The third kappa shape index (κ3) is 5.35. The lowest BCUT2D eigenvalue weighted by Gasteiger charge is -2.13. The largest absolute Gasteiger partial charge is 0.489 e. The second-order valence-electron chi connectivity index (χ2n) is 7.00. The minimum atomic E-state index is -0.555. The molecule has 0 saturated heterocycles. The molecule has 6 heteroatoms. The SMILES string of the molecule is CCOC(=O)c1cc(-c2ccc(OCc3ccccc3)cc2OCc2ccccc2)no1. The summed E-state index contributed by atoms with van der Waals surface area (Å²) in [6.45, 7) is 2.81. The van der Waals surface area contributed by atoms with Crippen molar-refractivity contribution in [1.29, 1.82) is 0 Å². The van der Waals surface area contributed by atoms with Crippen molar-refractivity contribution in [3.05, 3.63) is 102 Å². The van der Waals surface area contributed by atoms with Gasteiger partial charge in [0.1, 0.15) is 30.4 Å². The number of carbonyl (C=O) groups is 1. The molecular weight excluding hydrogens is 406 g/mol. The van der Waals surface area contributed by atoms with Gasteiger partial charge in [-0.25, -0.2) is 4.79 Å². The summed E-state index contributed by atoms with van der Waals surface area (Å²) in [5.74, 6) is 0.721. The molecule has 0 spiro atoms. The molecular formula is C26H23NO5. The molecule has 0 atom stereocenters. The van der Waals surface area contributed by atoms with Gasteiger partial charge in [0.2, 0.25) is 5.76 Å². The van der Waals surface area contributed by atoms with Crippen molar-refractivity contribution in [2.45, 2.75) is 20.1 Å². The number of carbonyl (C=O) groups excluding carboxylic acids is 1. The van der Waals surface area contributed by atoms with Crippen LogP contribution in [-0.2, 0) is 18.0 Å². The number of benzene rings is 3. The molecule has 32 heavy (non-hydrogen) atoms. The van der Waals surface area contributed by atoms with Gasteiger partial charge in [-0.05, 0) is 30.2 Å². The first-order chi connectivity index (χ1) is 15.7. The molecule has 0 amide bonds. The molecule has 0 N–H and O–H groups in total. The average molecular weight is 429 g/mol. The summed E-state index contributed by atoms with van der Waals surface area (Å²) in [6, 6.07) is 26.8. The van der Waals surface area contributed by atoms with E-state index in [1.165, 1.54) is 0 Å². The van der Waals surface area contributed by atoms with Crippen LogP contribution in [0.1, 0.15) is 28.6 Å². The first-order valence-electron chi connectivity index (χ1n) is 10.3. The summed E-state index contributed by atoms with van der Waals surface area (Å²) in [4.78, 5) is 12.0. The molecule has 0 saturated carbocycles. The second kappa shape index (κ2) is 10.3. The Kier molecular flexibility index (Phi) is 6.82. The average Bonchev–Trinajstić information content (AvgIpc) is 3.33. The van der Waals surface area contributed by atoms with E-state index in [1.807, 2.05) is 78.9 Å². The highest BCUT2D eigenvalue weighted by Gasteiger charge is 2.18. The van der Waals surface area contributed by atoms with Gasteiger partial charge in [0.15, 0.2) is 0 Å². The van der Waals surface area contributed by atoms with Gasteiger partial charge < -0.3 is 18.7 Å². The number of nitrogens with zero attached hydrogens (tertiary/aromatic N) is 1. The summed E-state index contributed by atoms with van der Waals surface area (Å²) in [6.07, 6.45) is 0. The maximum Gasteiger partial charge on any atom is 0.377 e. The number of ether oxygens (including phenoxy) is 3. The summed E-state index contributed by atoms with van der Waals surface area (Å²) in [7, 11) is 0. The molecule has 0 aliphatic rings. The first-order valence-corrected chi connectivity index (χ1v) is 10.3. The minimum absolute atomic E-state index is 0.0419. The van der Waals surface area contributed by atoms with Gasteiger partial charge in [0.05, 0.1) is 6.61 Å². The van der Waals surface area contributed by atoms with Gasteiger partial charge in [0.25, 0.3) is 0 Å². The quantitative estimate of drug-likeness (QED) is 0.319. The van der Waals surface area contributed by atoms with Crippen LogP contribution in [-0.4, -0.2) is 17.7 Å². The minimum Gasteiger partial charge on any atom is -0.489 e. The smallest absolute Gasteiger partial charge is 0.377 e. The number of hydrogen-bond acceptors (Lipinski definition) is 6. The monoisotopic (exact) mass is 429 g/mol. The van der Waals surface area contributed by atoms with E-state index in [9.17, 15) is 4.79 Å². The molecule has 3 aromatic carbocycles. The van der Waals surface area contributed by atoms with Crippen LogP contribution in [0.2, 0.25) is 0 Å². The number of hydrogen-bond donors (Lipinski definition) is 0. The zero-order valence-electron chi connectivity index (χ0n) is 17.7. The predicted octanol–water partition coefficient (Wildman–Crippen LogP) is 5.68. The Bertz CT molecular complexity index is 1160. The maximum absolute atomic E-state index is 12.0. The summed E-state index contributed by atoms with van der Waals surface area (Å²) >= 11 is 0. The van der Waals surface area contributed by atoms with E-state index in [1.54, 1.807) is 13.0 Å². The standard InChI is InChI=1S/C26H23NO5/c1-2-29-26(28)25-16-23(27-32-25)22-14-13-21(30-17-19-9-5-3-6-10-19)15-24(22)31-18-20-11-7-4-8-12-20/h3-16H,2,17-18H2,1H3. The van der Waals surface area contributed by atoms with E-state index in [0.29, 0.717) is 36.0 Å². The normalized spacial score (nSPS) is 10.5. The molecule has 0 aliphatic heterocycles. The fraction of sp³-hybridized carbons (Fsp3) is 0.154. The fourth-order valence-corrected chi connectivity index (χ4v) is 3.10. The molecule has 162 valence electrons. The Morgan fingerprint density at radius 2 is 1.50 bits per heavy atom. The van der Waals surface area contributed by atoms with E-state index >= 15 is 0 Å². The van der Waals surface area contributed by atoms with Crippen molar-refractivity contribution < 1.29 is 23.5 Å². The van der Waals surface area contributed by atoms with Crippen LogP contribution in [0, 0.1) is 0 Å². The van der Waals surface area contributed by atoms with Gasteiger partial charge in [-0.15, -0.1) is 0 Å². The highest BCUT2D eigenvalue weighted by Crippen LogP contribution is 2.34. The highest BCUT2D eigenvalue weighted by atomic mass is 16.6. The molecule has 6 nitrogen and oxygen atoms in total. The van der Waals surface area contributed by atoms with Crippen molar-refractivity contribution in [2.24, 2.45) is 0 Å². The molecule has 1 aromatic heterocycles. The second-order valence-corrected chi connectivity index (χ2v) is 7.00. The Morgan fingerprint density at radius 3 is 2.16 bits per heavy atom. The zero-order chi connectivity index (χ0) is 22.2. The predicted molar refractivity (Wildman–Crippen MR) is 119 cm³/mol. The van der Waals surface area contributed by atoms with E-state index in [0.717, 1.165) is 11.1 Å². The lowest BCUT2D eigenvalue weighted by atomic mass is 10.1. The van der Waals surface area contributed by atoms with Crippen molar-refractivity contribution in [2.75, 3.05) is 6.61 Å². The third-order valence-electron chi connectivity index (χ3n) is 4.70. The topological polar surface area (TPSA) is 70.8 Å². The van der Waals surface area contributed by atoms with E-state index in [4.69, 9.17) is 18.7 Å². The van der Waals surface area contributed by atoms with Crippen LogP contribution in [0.25, 0.3) is 11.3 Å². The lowest BCUT2D eigenvalue weighted by Crippen LogP contribution is -2.02. The van der Waals surface area contributed by atoms with Crippen LogP contribution in [0.5, 0.6) is 11.5 Å². The lowest BCUT2D eigenvalue weighted by molar-refractivity contribution is 0.0480. The van der Waals surface area contributed by atoms with Crippen molar-refractivity contribution in [1.82, 2.24) is 5.16 Å². The molecule has 0 aliphatic carbocycles. The Balaban J connectivity index is 1.58. The Labute approximate surface area is 186 Å². The van der Waals surface area contributed by atoms with Gasteiger partial charge in [-0.2, -0.15) is 0 Å². The summed E-state index contributed by atoms with van der Waals surface area (Å²) in [5.41, 5.74) is 3.26. The van der Waals surface area contributed by atoms with E-state index in [-0.39, 0.29) is 12.4 Å². The van der Waals surface area contributed by atoms with Gasteiger partial charge in [-0.3, -0.25) is 0 Å². The van der Waals surface area contributed by atoms with Crippen LogP contribution in [0.15, 0.2) is 89.5 Å². The number of rotatable bonds is 9. The summed E-state index contributed by atoms with van der Waals surface area (Å²) in [5, 5.41) is 4.03. The molecule has 1 heterocycles. The third-order valence-corrected chi connectivity index (χ3v) is 4.70. The van der Waals surface area contributed by atoms with E-state index in [2.05, 4.69) is 5.16 Å². The summed E-state index contributed by atoms with van der Waals surface area (Å²) < 4.78 is 22.2. The van der Waals surface area contributed by atoms with Gasteiger partial charge >= 0.3 is 5.97 Å². The van der Waals surface area contributed by atoms with Crippen LogP contribution in [0.3, 0.4) is 0 Å². The van der Waals surface area contributed by atoms with Gasteiger partial charge in [-0.1, -0.05) is 65.8 Å². The number of aromatic nitrogens is 1. The van der Waals surface area contributed by atoms with Crippen molar-refractivity contribution >= 4 is 5.97 Å². The van der Waals surface area contributed by atoms with E-state index < -0.39 is 5.97 Å². The Hall–Kier alpha value is -4.06. The molecule has 0 radical (unpaired) electrons. The van der Waals surface area contributed by atoms with Crippen LogP contribution < -0.4 is 9.47 Å². The molecule has 0 fully saturated rings. The molecule has 4 rings (SSSR count). The maximum atomic E-state index is 12.0. The number of esters is 1. The molecule has 0 unspecified atom stereocenters. The van der Waals surface area contributed by atoms with Crippen molar-refractivity contribution in [3.63, 3.8) is 0 Å². The van der Waals surface area contributed by atoms with Crippen LogP contribution in [0.4, 0.5) is 0 Å². The molecule has 4 aromatic rings. The zero-order valence-corrected chi connectivity index (χ0v) is 17.7. The van der Waals surface area contributed by atoms with Crippen molar-refractivity contribution in [3.8, 4) is 22.8 Å². The fourth-order valence-electron chi connectivity index (χ4n) is 3.10.